The monoisotopic (exact) mass is 256 g/mol. The zero-order chi connectivity index (χ0) is 10.0. The van der Waals surface area contributed by atoms with Gasteiger partial charge in [-0.1, -0.05) is 22.0 Å². The fourth-order valence-corrected chi connectivity index (χ4v) is 1.11. The van der Waals surface area contributed by atoms with Gasteiger partial charge in [0.05, 0.1) is 0 Å². The second-order valence-corrected chi connectivity index (χ2v) is 3.40. The molecular weight excluding hydrogens is 252 g/mol. The van der Waals surface area contributed by atoms with Crippen molar-refractivity contribution in [3.05, 3.63) is 35.4 Å². The number of rotatable bonds is 2. The normalized spacial score (nSPS) is 13.4. The van der Waals surface area contributed by atoms with E-state index in [1.165, 1.54) is 0 Å². The van der Waals surface area contributed by atoms with E-state index in [4.69, 9.17) is 0 Å². The van der Waals surface area contributed by atoms with Crippen LogP contribution in [-0.2, 0) is 0 Å². The highest BCUT2D eigenvalue weighted by atomic mass is 79.9. The average Bonchev–Trinajstić information content (AvgIpc) is 2.08. The second-order valence-electron chi connectivity index (χ2n) is 2.41. The van der Waals surface area contributed by atoms with Crippen LogP contribution in [0.1, 0.15) is 10.4 Å². The van der Waals surface area contributed by atoms with E-state index in [0.717, 1.165) is 18.2 Å². The van der Waals surface area contributed by atoms with Crippen LogP contribution in [0.2, 0.25) is 0 Å². The Morgan fingerprint density at radius 1 is 1.08 bits per heavy atom. The van der Waals surface area contributed by atoms with Gasteiger partial charge in [-0.05, 0) is 17.7 Å². The maximum atomic E-state index is 12.6. The molecule has 1 aromatic rings. The summed E-state index contributed by atoms with van der Waals surface area (Å²) in [6.07, 6.45) is -2.65. The van der Waals surface area contributed by atoms with Gasteiger partial charge in [0.2, 0.25) is 0 Å². The Labute approximate surface area is 80.7 Å². The van der Waals surface area contributed by atoms with Gasteiger partial charge in [0.25, 0.3) is 6.43 Å². The second kappa shape index (κ2) is 4.09. The summed E-state index contributed by atoms with van der Waals surface area (Å²) in [7, 11) is 0. The first-order valence-corrected chi connectivity index (χ1v) is 4.31. The van der Waals surface area contributed by atoms with Crippen molar-refractivity contribution in [3.63, 3.8) is 0 Å². The Morgan fingerprint density at radius 2 is 1.69 bits per heavy atom. The molecule has 1 unspecified atom stereocenters. The maximum absolute atomic E-state index is 12.6. The molecule has 0 amide bonds. The van der Waals surface area contributed by atoms with E-state index >= 15 is 0 Å². The van der Waals surface area contributed by atoms with Crippen molar-refractivity contribution < 1.29 is 17.6 Å². The quantitative estimate of drug-likeness (QED) is 0.560. The summed E-state index contributed by atoms with van der Waals surface area (Å²) in [6.45, 7) is 0. The van der Waals surface area contributed by atoms with Crippen molar-refractivity contribution >= 4 is 15.9 Å². The zero-order valence-corrected chi connectivity index (χ0v) is 7.86. The first kappa shape index (κ1) is 10.5. The molecule has 0 saturated heterocycles. The van der Waals surface area contributed by atoms with Crippen LogP contribution in [0.3, 0.4) is 0 Å². The molecule has 1 atom stereocenters. The molecule has 1 rings (SSSR count). The van der Waals surface area contributed by atoms with E-state index in [9.17, 15) is 17.6 Å². The van der Waals surface area contributed by atoms with Crippen molar-refractivity contribution in [3.8, 4) is 0 Å². The minimum absolute atomic E-state index is 0.0221. The molecule has 0 N–H and O–H groups in total. The fraction of sp³-hybridized carbons (Fsp3) is 0.250. The zero-order valence-electron chi connectivity index (χ0n) is 6.28. The van der Waals surface area contributed by atoms with E-state index in [0.29, 0.717) is 0 Å². The molecule has 1 aromatic carbocycles. The van der Waals surface area contributed by atoms with Crippen molar-refractivity contribution in [2.24, 2.45) is 0 Å². The standard InChI is InChI=1S/C8H5BrF4/c9-7(8(12)13)4-1-2-5(10)6(11)3-4/h1-3,7-8H. The van der Waals surface area contributed by atoms with Crippen LogP contribution >= 0.6 is 15.9 Å². The highest BCUT2D eigenvalue weighted by Gasteiger charge is 2.19. The maximum Gasteiger partial charge on any atom is 0.255 e. The van der Waals surface area contributed by atoms with E-state index in [-0.39, 0.29) is 5.56 Å². The van der Waals surface area contributed by atoms with Gasteiger partial charge in [-0.2, -0.15) is 0 Å². The number of halogens is 5. The largest absolute Gasteiger partial charge is 0.255 e. The Morgan fingerprint density at radius 3 is 2.15 bits per heavy atom. The number of alkyl halides is 3. The van der Waals surface area contributed by atoms with Crippen molar-refractivity contribution in [2.75, 3.05) is 0 Å². The molecule has 0 fully saturated rings. The van der Waals surface area contributed by atoms with Gasteiger partial charge in [0.1, 0.15) is 4.83 Å². The van der Waals surface area contributed by atoms with Crippen LogP contribution in [0.25, 0.3) is 0 Å². The lowest BCUT2D eigenvalue weighted by Crippen LogP contribution is -2.02. The van der Waals surface area contributed by atoms with Gasteiger partial charge in [-0.25, -0.2) is 17.6 Å². The van der Waals surface area contributed by atoms with Crippen molar-refractivity contribution in [1.82, 2.24) is 0 Å². The summed E-state index contributed by atoms with van der Waals surface area (Å²) in [4.78, 5) is -1.26. The summed E-state index contributed by atoms with van der Waals surface area (Å²) >= 11 is 2.67. The summed E-state index contributed by atoms with van der Waals surface area (Å²) in [5.41, 5.74) is 0.0221. The molecule has 0 bridgehead atoms. The molecule has 0 radical (unpaired) electrons. The van der Waals surface area contributed by atoms with Gasteiger partial charge in [0, 0.05) is 0 Å². The minimum Gasteiger partial charge on any atom is -0.209 e. The molecule has 0 heterocycles. The lowest BCUT2D eigenvalue weighted by Gasteiger charge is -2.08. The summed E-state index contributed by atoms with van der Waals surface area (Å²) in [6, 6.07) is 2.69. The predicted octanol–water partition coefficient (Wildman–Crippen LogP) is 3.67. The molecule has 72 valence electrons. The third-order valence-corrected chi connectivity index (χ3v) is 2.41. The van der Waals surface area contributed by atoms with E-state index in [1.807, 2.05) is 0 Å². The van der Waals surface area contributed by atoms with Gasteiger partial charge in [-0.15, -0.1) is 0 Å². The fourth-order valence-electron chi connectivity index (χ4n) is 0.829. The Bertz CT molecular complexity index is 300. The van der Waals surface area contributed by atoms with Gasteiger partial charge in [-0.3, -0.25) is 0 Å². The number of hydrogen-bond donors (Lipinski definition) is 0. The van der Waals surface area contributed by atoms with Crippen LogP contribution in [0.15, 0.2) is 18.2 Å². The Kier molecular flexibility index (Phi) is 3.30. The van der Waals surface area contributed by atoms with E-state index < -0.39 is 22.9 Å². The molecule has 0 aliphatic carbocycles. The number of benzene rings is 1. The third kappa shape index (κ3) is 2.43. The van der Waals surface area contributed by atoms with Crippen LogP contribution in [0.4, 0.5) is 17.6 Å². The van der Waals surface area contributed by atoms with E-state index in [2.05, 4.69) is 15.9 Å². The highest BCUT2D eigenvalue weighted by Crippen LogP contribution is 2.29. The summed E-state index contributed by atoms with van der Waals surface area (Å²) < 4.78 is 49.1. The minimum atomic E-state index is -2.65. The van der Waals surface area contributed by atoms with Gasteiger partial charge in [0.15, 0.2) is 11.6 Å². The Balaban J connectivity index is 2.97. The molecular formula is C8H5BrF4. The lowest BCUT2D eigenvalue weighted by atomic mass is 10.1. The molecule has 0 nitrogen and oxygen atoms in total. The van der Waals surface area contributed by atoms with Crippen LogP contribution in [0, 0.1) is 11.6 Å². The first-order valence-electron chi connectivity index (χ1n) is 3.39. The predicted molar refractivity (Wildman–Crippen MR) is 44.0 cm³/mol. The SMILES string of the molecule is Fc1ccc(C(Br)C(F)F)cc1F. The molecule has 0 saturated carbocycles. The lowest BCUT2D eigenvalue weighted by molar-refractivity contribution is 0.147. The summed E-state index contributed by atoms with van der Waals surface area (Å²) in [5, 5.41) is 0. The third-order valence-electron chi connectivity index (χ3n) is 1.48. The molecule has 0 aromatic heterocycles. The van der Waals surface area contributed by atoms with Crippen LogP contribution in [0.5, 0.6) is 0 Å². The first-order chi connectivity index (χ1) is 6.02. The van der Waals surface area contributed by atoms with Gasteiger partial charge < -0.3 is 0 Å². The summed E-state index contributed by atoms with van der Waals surface area (Å²) in [5.74, 6) is -2.17. The van der Waals surface area contributed by atoms with Crippen LogP contribution in [-0.4, -0.2) is 6.43 Å². The molecule has 5 heteroatoms. The molecule has 13 heavy (non-hydrogen) atoms. The molecule has 0 aliphatic rings. The average molecular weight is 257 g/mol. The molecule has 0 aliphatic heterocycles. The topological polar surface area (TPSA) is 0 Å². The Hall–Kier alpha value is -0.580. The van der Waals surface area contributed by atoms with E-state index in [1.54, 1.807) is 0 Å². The highest BCUT2D eigenvalue weighted by molar-refractivity contribution is 9.09. The van der Waals surface area contributed by atoms with Gasteiger partial charge >= 0.3 is 0 Å². The molecule has 0 spiro atoms. The van der Waals surface area contributed by atoms with Crippen molar-refractivity contribution in [1.29, 1.82) is 0 Å². The smallest absolute Gasteiger partial charge is 0.209 e. The van der Waals surface area contributed by atoms with Crippen LogP contribution < -0.4 is 0 Å². The van der Waals surface area contributed by atoms with Crippen molar-refractivity contribution in [2.45, 2.75) is 11.3 Å². The number of hydrogen-bond acceptors (Lipinski definition) is 0.